The lowest BCUT2D eigenvalue weighted by Crippen LogP contribution is -1.97. The summed E-state index contributed by atoms with van der Waals surface area (Å²) in [5, 5.41) is 8.63. The molecule has 0 aliphatic carbocycles. The summed E-state index contributed by atoms with van der Waals surface area (Å²) < 4.78 is 5.26. The summed E-state index contributed by atoms with van der Waals surface area (Å²) in [6.45, 7) is 3.96. The first-order chi connectivity index (χ1) is 6.74. The van der Waals surface area contributed by atoms with E-state index in [0.29, 0.717) is 12.4 Å². The van der Waals surface area contributed by atoms with Crippen LogP contribution in [0.25, 0.3) is 0 Å². The summed E-state index contributed by atoms with van der Waals surface area (Å²) in [5.41, 5.74) is 0.255. The van der Waals surface area contributed by atoms with Crippen LogP contribution in [0.15, 0.2) is 36.4 Å². The molecule has 0 aliphatic rings. The van der Waals surface area contributed by atoms with Crippen molar-refractivity contribution in [3.05, 3.63) is 48.9 Å². The number of benzene rings is 1. The van der Waals surface area contributed by atoms with Gasteiger partial charge < -0.3 is 9.84 Å². The van der Waals surface area contributed by atoms with Crippen LogP contribution in [0.3, 0.4) is 0 Å². The van der Waals surface area contributed by atoms with Crippen molar-refractivity contribution in [2.75, 3.05) is 6.61 Å². The second-order valence-electron chi connectivity index (χ2n) is 2.61. The molecule has 0 bridgehead atoms. The van der Waals surface area contributed by atoms with Crippen molar-refractivity contribution >= 4 is 5.97 Å². The van der Waals surface area contributed by atoms with Crippen LogP contribution in [0.4, 0.5) is 0 Å². The monoisotopic (exact) mass is 191 g/mol. The third kappa shape index (κ3) is 2.94. The number of aromatic carboxylic acids is 1. The van der Waals surface area contributed by atoms with E-state index in [1.54, 1.807) is 24.3 Å². The van der Waals surface area contributed by atoms with Crippen LogP contribution in [0.5, 0.6) is 5.75 Å². The number of carbonyl (C=O) groups is 1. The number of rotatable bonds is 4. The van der Waals surface area contributed by atoms with Gasteiger partial charge in [0.05, 0.1) is 5.56 Å². The average molecular weight is 191 g/mol. The maximum atomic E-state index is 10.5. The van der Waals surface area contributed by atoms with E-state index in [0.717, 1.165) is 0 Å². The first-order valence-corrected chi connectivity index (χ1v) is 4.14. The summed E-state index contributed by atoms with van der Waals surface area (Å²) >= 11 is 0. The number of allylic oxidation sites excluding steroid dienone is 1. The molecule has 0 heterocycles. The number of ether oxygens (including phenoxy) is 1. The minimum atomic E-state index is -0.936. The van der Waals surface area contributed by atoms with Gasteiger partial charge in [0, 0.05) is 0 Å². The molecule has 0 aromatic heterocycles. The topological polar surface area (TPSA) is 46.5 Å². The van der Waals surface area contributed by atoms with Crippen molar-refractivity contribution in [2.24, 2.45) is 0 Å². The van der Waals surface area contributed by atoms with E-state index in [1.165, 1.54) is 12.1 Å². The van der Waals surface area contributed by atoms with E-state index < -0.39 is 5.97 Å². The number of hydrogen-bond acceptors (Lipinski definition) is 2. The molecule has 0 unspecified atom stereocenters. The molecule has 0 spiro atoms. The largest absolute Gasteiger partial charge is 0.490 e. The number of hydrogen-bond donors (Lipinski definition) is 1. The summed E-state index contributed by atoms with van der Waals surface area (Å²) in [4.78, 5) is 10.5. The zero-order chi connectivity index (χ0) is 10.4. The fourth-order valence-electron chi connectivity index (χ4n) is 0.906. The van der Waals surface area contributed by atoms with Crippen molar-refractivity contribution < 1.29 is 14.6 Å². The van der Waals surface area contributed by atoms with E-state index in [-0.39, 0.29) is 5.56 Å². The second-order valence-corrected chi connectivity index (χ2v) is 2.61. The average Bonchev–Trinajstić information content (AvgIpc) is 2.19. The normalized spacial score (nSPS) is 10.4. The van der Waals surface area contributed by atoms with Crippen molar-refractivity contribution in [1.82, 2.24) is 0 Å². The van der Waals surface area contributed by atoms with Gasteiger partial charge in [0.15, 0.2) is 0 Å². The van der Waals surface area contributed by atoms with E-state index in [2.05, 4.69) is 6.92 Å². The predicted octanol–water partition coefficient (Wildman–Crippen LogP) is 2.15. The molecule has 73 valence electrons. The Labute approximate surface area is 82.6 Å². The highest BCUT2D eigenvalue weighted by Gasteiger charge is 2.01. The third-order valence-corrected chi connectivity index (χ3v) is 1.61. The van der Waals surface area contributed by atoms with Gasteiger partial charge in [-0.05, 0) is 31.2 Å². The van der Waals surface area contributed by atoms with E-state index in [9.17, 15) is 4.79 Å². The highest BCUT2D eigenvalue weighted by atomic mass is 16.5. The molecule has 0 aliphatic heterocycles. The molecule has 1 N–H and O–H groups in total. The van der Waals surface area contributed by atoms with E-state index in [4.69, 9.17) is 9.84 Å². The van der Waals surface area contributed by atoms with Crippen LogP contribution in [0.1, 0.15) is 10.4 Å². The maximum absolute atomic E-state index is 10.5. The Hall–Kier alpha value is -1.77. The lowest BCUT2D eigenvalue weighted by atomic mass is 10.2. The van der Waals surface area contributed by atoms with Gasteiger partial charge in [0.25, 0.3) is 0 Å². The summed E-state index contributed by atoms with van der Waals surface area (Å²) in [5.74, 6) is -0.290. The minimum Gasteiger partial charge on any atom is -0.490 e. The molecule has 0 fully saturated rings. The van der Waals surface area contributed by atoms with E-state index >= 15 is 0 Å². The van der Waals surface area contributed by atoms with Gasteiger partial charge in [-0.15, -0.1) is 0 Å². The molecule has 3 heteroatoms. The predicted molar refractivity (Wildman–Crippen MR) is 53.4 cm³/mol. The third-order valence-electron chi connectivity index (χ3n) is 1.61. The molecule has 0 saturated heterocycles. The Kier molecular flexibility index (Phi) is 3.73. The Morgan fingerprint density at radius 2 is 2.07 bits per heavy atom. The smallest absolute Gasteiger partial charge is 0.335 e. The molecule has 3 nitrogen and oxygen atoms in total. The fourth-order valence-corrected chi connectivity index (χ4v) is 0.906. The van der Waals surface area contributed by atoms with Gasteiger partial charge in [-0.1, -0.05) is 12.2 Å². The first-order valence-electron chi connectivity index (χ1n) is 4.14. The Morgan fingerprint density at radius 3 is 2.57 bits per heavy atom. The Morgan fingerprint density at radius 1 is 1.43 bits per heavy atom. The van der Waals surface area contributed by atoms with Crippen LogP contribution in [0, 0.1) is 6.92 Å². The van der Waals surface area contributed by atoms with Crippen molar-refractivity contribution in [2.45, 2.75) is 0 Å². The Bertz CT molecular complexity index is 325. The van der Waals surface area contributed by atoms with Gasteiger partial charge >= 0.3 is 5.97 Å². The summed E-state index contributed by atoms with van der Waals surface area (Å²) in [7, 11) is 0. The molecule has 1 aromatic carbocycles. The van der Waals surface area contributed by atoms with Crippen LogP contribution in [0.2, 0.25) is 0 Å². The minimum absolute atomic E-state index is 0.255. The summed E-state index contributed by atoms with van der Waals surface area (Å²) in [6, 6.07) is 6.26. The van der Waals surface area contributed by atoms with Gasteiger partial charge in [-0.3, -0.25) is 0 Å². The zero-order valence-corrected chi connectivity index (χ0v) is 7.64. The number of carboxylic acid groups (broad SMARTS) is 1. The van der Waals surface area contributed by atoms with Gasteiger partial charge in [-0.2, -0.15) is 0 Å². The van der Waals surface area contributed by atoms with Crippen LogP contribution in [-0.4, -0.2) is 17.7 Å². The quantitative estimate of drug-likeness (QED) is 0.793. The lowest BCUT2D eigenvalue weighted by Gasteiger charge is -2.02. The molecule has 1 rings (SSSR count). The fraction of sp³-hybridized carbons (Fsp3) is 0.0909. The van der Waals surface area contributed by atoms with Gasteiger partial charge in [0.2, 0.25) is 0 Å². The van der Waals surface area contributed by atoms with Crippen LogP contribution < -0.4 is 4.74 Å². The van der Waals surface area contributed by atoms with Crippen molar-refractivity contribution in [3.8, 4) is 5.75 Å². The standard InChI is InChI=1S/C11H11O3/c1-2-3-8-14-10-6-4-9(5-7-10)11(12)13/h2-7H,1,8H2,(H,12,13)/b3-2+. The summed E-state index contributed by atoms with van der Waals surface area (Å²) in [6.07, 6.45) is 3.41. The molecule has 1 aromatic rings. The maximum Gasteiger partial charge on any atom is 0.335 e. The van der Waals surface area contributed by atoms with Gasteiger partial charge in [0.1, 0.15) is 12.4 Å². The van der Waals surface area contributed by atoms with Crippen LogP contribution >= 0.6 is 0 Å². The first kappa shape index (κ1) is 10.3. The lowest BCUT2D eigenvalue weighted by molar-refractivity contribution is 0.0697. The Balaban J connectivity index is 2.59. The molecule has 0 atom stereocenters. The van der Waals surface area contributed by atoms with Crippen molar-refractivity contribution in [1.29, 1.82) is 0 Å². The second kappa shape index (κ2) is 5.07. The molecular formula is C11H11O3. The van der Waals surface area contributed by atoms with Crippen molar-refractivity contribution in [3.63, 3.8) is 0 Å². The molecular weight excluding hydrogens is 180 g/mol. The number of carboxylic acids is 1. The highest BCUT2D eigenvalue weighted by molar-refractivity contribution is 5.87. The molecule has 14 heavy (non-hydrogen) atoms. The molecule has 0 saturated carbocycles. The highest BCUT2D eigenvalue weighted by Crippen LogP contribution is 2.11. The zero-order valence-electron chi connectivity index (χ0n) is 7.64. The SMILES string of the molecule is [CH2]/C=C/COc1ccc(C(=O)O)cc1. The van der Waals surface area contributed by atoms with Gasteiger partial charge in [-0.25, -0.2) is 4.79 Å². The van der Waals surface area contributed by atoms with Crippen LogP contribution in [-0.2, 0) is 0 Å². The molecule has 0 amide bonds. The van der Waals surface area contributed by atoms with E-state index in [1.807, 2.05) is 0 Å². The molecule has 1 radical (unpaired) electrons.